The quantitative estimate of drug-likeness (QED) is 0.783. The van der Waals surface area contributed by atoms with Gasteiger partial charge in [0.15, 0.2) is 5.82 Å². The fourth-order valence-electron chi connectivity index (χ4n) is 1.61. The molecule has 2 heterocycles. The Labute approximate surface area is 90.3 Å². The summed E-state index contributed by atoms with van der Waals surface area (Å²) in [6, 6.07) is 0. The average molecular weight is 255 g/mol. The van der Waals surface area contributed by atoms with Crippen LogP contribution in [-0.2, 0) is 0 Å². The number of nitrogens with zero attached hydrogens (tertiary/aromatic N) is 3. The summed E-state index contributed by atoms with van der Waals surface area (Å²) in [6.45, 7) is 5.90. The number of nitrogens with two attached hydrogens (primary N) is 1. The highest BCUT2D eigenvalue weighted by atomic mass is 79.9. The molecule has 5 heteroatoms. The van der Waals surface area contributed by atoms with Crippen LogP contribution < -0.4 is 5.73 Å². The second-order valence-electron chi connectivity index (χ2n) is 3.30. The fourth-order valence-corrected chi connectivity index (χ4v) is 2.24. The number of hydrogen-bond acceptors (Lipinski definition) is 3. The van der Waals surface area contributed by atoms with Crippen molar-refractivity contribution in [3.05, 3.63) is 21.8 Å². The predicted molar refractivity (Wildman–Crippen MR) is 59.3 cm³/mol. The Kier molecular flexibility index (Phi) is 1.99. The molecule has 0 fully saturated rings. The van der Waals surface area contributed by atoms with E-state index in [1.165, 1.54) is 0 Å². The molecule has 0 aliphatic heterocycles. The molecule has 0 aliphatic rings. The zero-order chi connectivity index (χ0) is 10.5. The highest BCUT2D eigenvalue weighted by Gasteiger charge is 2.13. The third-order valence-corrected chi connectivity index (χ3v) is 2.95. The van der Waals surface area contributed by atoms with Crippen LogP contribution in [0.2, 0.25) is 0 Å². The SMILES string of the molecule is Cc1nc(N)c2c(Br)nc(C)n2c1C. The van der Waals surface area contributed by atoms with Gasteiger partial charge in [-0.3, -0.25) is 4.40 Å². The van der Waals surface area contributed by atoms with E-state index in [1.807, 2.05) is 25.2 Å². The van der Waals surface area contributed by atoms with Gasteiger partial charge in [0.2, 0.25) is 0 Å². The number of fused-ring (bicyclic) bond motifs is 1. The number of aryl methyl sites for hydroxylation is 3. The van der Waals surface area contributed by atoms with E-state index in [-0.39, 0.29) is 0 Å². The molecule has 0 bridgehead atoms. The number of rotatable bonds is 0. The van der Waals surface area contributed by atoms with Crippen LogP contribution in [0.4, 0.5) is 5.82 Å². The molecule has 2 aromatic rings. The molecule has 0 saturated heterocycles. The summed E-state index contributed by atoms with van der Waals surface area (Å²) in [7, 11) is 0. The first-order valence-corrected chi connectivity index (χ1v) is 5.09. The predicted octanol–water partition coefficient (Wildman–Crippen LogP) is 2.00. The molecule has 0 atom stereocenters. The minimum atomic E-state index is 0.514. The molecule has 0 radical (unpaired) electrons. The van der Waals surface area contributed by atoms with Gasteiger partial charge in [0.05, 0.1) is 5.69 Å². The van der Waals surface area contributed by atoms with E-state index in [9.17, 15) is 0 Å². The van der Waals surface area contributed by atoms with E-state index >= 15 is 0 Å². The number of nitrogen functional groups attached to an aromatic ring is 1. The number of hydrogen-bond donors (Lipinski definition) is 1. The molecule has 2 rings (SSSR count). The second kappa shape index (κ2) is 2.95. The average Bonchev–Trinajstić information content (AvgIpc) is 2.38. The fraction of sp³-hybridized carbons (Fsp3) is 0.333. The van der Waals surface area contributed by atoms with Crippen LogP contribution in [0, 0.1) is 20.8 Å². The van der Waals surface area contributed by atoms with Crippen LogP contribution >= 0.6 is 15.9 Å². The zero-order valence-electron chi connectivity index (χ0n) is 8.30. The van der Waals surface area contributed by atoms with Gasteiger partial charge in [-0.25, -0.2) is 9.97 Å². The van der Waals surface area contributed by atoms with Crippen LogP contribution in [-0.4, -0.2) is 14.4 Å². The van der Waals surface area contributed by atoms with E-state index in [0.717, 1.165) is 27.3 Å². The molecule has 74 valence electrons. The van der Waals surface area contributed by atoms with Crippen LogP contribution in [0.25, 0.3) is 5.52 Å². The van der Waals surface area contributed by atoms with Crippen molar-refractivity contribution in [2.45, 2.75) is 20.8 Å². The van der Waals surface area contributed by atoms with Crippen molar-refractivity contribution in [1.82, 2.24) is 14.4 Å². The van der Waals surface area contributed by atoms with Gasteiger partial charge in [0.1, 0.15) is 15.9 Å². The Hall–Kier alpha value is -1.10. The van der Waals surface area contributed by atoms with Gasteiger partial charge in [-0.2, -0.15) is 0 Å². The van der Waals surface area contributed by atoms with Crippen LogP contribution in [0.3, 0.4) is 0 Å². The first-order valence-electron chi connectivity index (χ1n) is 4.29. The van der Waals surface area contributed by atoms with E-state index in [1.54, 1.807) is 0 Å². The third kappa shape index (κ3) is 1.12. The molecular weight excluding hydrogens is 244 g/mol. The van der Waals surface area contributed by atoms with E-state index < -0.39 is 0 Å². The smallest absolute Gasteiger partial charge is 0.150 e. The van der Waals surface area contributed by atoms with Gasteiger partial charge >= 0.3 is 0 Å². The standard InChI is InChI=1S/C9H11BrN4/c1-4-5(2)14-6(3)13-8(10)7(14)9(11)12-4/h1-3H3,(H2,11,12). The van der Waals surface area contributed by atoms with E-state index in [4.69, 9.17) is 5.73 Å². The maximum absolute atomic E-state index is 5.84. The lowest BCUT2D eigenvalue weighted by Gasteiger charge is -2.07. The zero-order valence-corrected chi connectivity index (χ0v) is 9.88. The summed E-state index contributed by atoms with van der Waals surface area (Å²) in [5, 5.41) is 0. The monoisotopic (exact) mass is 254 g/mol. The Balaban J connectivity index is 3.05. The van der Waals surface area contributed by atoms with Crippen LogP contribution in [0.5, 0.6) is 0 Å². The summed E-state index contributed by atoms with van der Waals surface area (Å²) >= 11 is 3.38. The Morgan fingerprint density at radius 2 is 1.86 bits per heavy atom. The van der Waals surface area contributed by atoms with Gasteiger partial charge in [-0.1, -0.05) is 0 Å². The van der Waals surface area contributed by atoms with Gasteiger partial charge in [0, 0.05) is 5.69 Å². The molecule has 0 unspecified atom stereocenters. The maximum atomic E-state index is 5.84. The summed E-state index contributed by atoms with van der Waals surface area (Å²) < 4.78 is 2.77. The molecule has 0 saturated carbocycles. The Morgan fingerprint density at radius 3 is 2.50 bits per heavy atom. The molecule has 4 nitrogen and oxygen atoms in total. The maximum Gasteiger partial charge on any atom is 0.150 e. The molecule has 0 amide bonds. The minimum Gasteiger partial charge on any atom is -0.382 e. The summed E-state index contributed by atoms with van der Waals surface area (Å²) in [5.74, 6) is 1.43. The third-order valence-electron chi connectivity index (χ3n) is 2.39. The van der Waals surface area contributed by atoms with Crippen molar-refractivity contribution in [2.75, 3.05) is 5.73 Å². The highest BCUT2D eigenvalue weighted by molar-refractivity contribution is 9.10. The summed E-state index contributed by atoms with van der Waals surface area (Å²) in [5.41, 5.74) is 8.70. The van der Waals surface area contributed by atoms with Gasteiger partial charge < -0.3 is 5.73 Å². The lowest BCUT2D eigenvalue weighted by atomic mass is 10.3. The topological polar surface area (TPSA) is 56.2 Å². The number of imidazole rings is 1. The minimum absolute atomic E-state index is 0.514. The highest BCUT2D eigenvalue weighted by Crippen LogP contribution is 2.25. The number of halogens is 1. The largest absolute Gasteiger partial charge is 0.382 e. The van der Waals surface area contributed by atoms with Gasteiger partial charge in [-0.15, -0.1) is 0 Å². The molecule has 14 heavy (non-hydrogen) atoms. The van der Waals surface area contributed by atoms with Crippen molar-refractivity contribution in [3.63, 3.8) is 0 Å². The van der Waals surface area contributed by atoms with Crippen LogP contribution in [0.1, 0.15) is 17.2 Å². The molecular formula is C9H11BrN4. The van der Waals surface area contributed by atoms with E-state index in [0.29, 0.717) is 5.82 Å². The van der Waals surface area contributed by atoms with Gasteiger partial charge in [-0.05, 0) is 36.7 Å². The van der Waals surface area contributed by atoms with Gasteiger partial charge in [0.25, 0.3) is 0 Å². The lowest BCUT2D eigenvalue weighted by Crippen LogP contribution is -2.04. The van der Waals surface area contributed by atoms with Crippen molar-refractivity contribution in [1.29, 1.82) is 0 Å². The lowest BCUT2D eigenvalue weighted by molar-refractivity contribution is 0.951. The van der Waals surface area contributed by atoms with Crippen LogP contribution in [0.15, 0.2) is 4.60 Å². The second-order valence-corrected chi connectivity index (χ2v) is 4.05. The van der Waals surface area contributed by atoms with E-state index in [2.05, 4.69) is 25.9 Å². The molecule has 2 aromatic heterocycles. The number of anilines is 1. The summed E-state index contributed by atoms with van der Waals surface area (Å²) in [6.07, 6.45) is 0. The summed E-state index contributed by atoms with van der Waals surface area (Å²) in [4.78, 5) is 8.57. The Morgan fingerprint density at radius 1 is 1.21 bits per heavy atom. The molecule has 0 aromatic carbocycles. The molecule has 0 spiro atoms. The number of aromatic nitrogens is 3. The van der Waals surface area contributed by atoms with Crippen molar-refractivity contribution in [2.24, 2.45) is 0 Å². The first kappa shape index (κ1) is 9.45. The van der Waals surface area contributed by atoms with Crippen molar-refractivity contribution >= 4 is 27.3 Å². The van der Waals surface area contributed by atoms with Crippen molar-refractivity contribution in [3.8, 4) is 0 Å². The van der Waals surface area contributed by atoms with Crippen molar-refractivity contribution < 1.29 is 0 Å². The first-order chi connectivity index (χ1) is 6.52. The molecule has 0 aliphatic carbocycles. The normalized spacial score (nSPS) is 11.1. The Bertz CT molecular complexity index is 515. The molecule has 2 N–H and O–H groups in total.